The highest BCUT2D eigenvalue weighted by atomic mass is 16.3. The lowest BCUT2D eigenvalue weighted by Gasteiger charge is -2.11. The van der Waals surface area contributed by atoms with Crippen molar-refractivity contribution in [3.63, 3.8) is 0 Å². The first-order valence-corrected chi connectivity index (χ1v) is 12.2. The minimum atomic E-state index is -2.49. The van der Waals surface area contributed by atoms with Crippen molar-refractivity contribution in [3.8, 4) is 22.4 Å². The maximum atomic E-state index is 8.74. The maximum absolute atomic E-state index is 8.74. The minimum Gasteiger partial charge on any atom is -0.456 e. The third-order valence-corrected chi connectivity index (χ3v) is 7.22. The van der Waals surface area contributed by atoms with Crippen LogP contribution in [0.1, 0.15) is 67.3 Å². The lowest BCUT2D eigenvalue weighted by Crippen LogP contribution is -2.35. The molecule has 0 aliphatic rings. The summed E-state index contributed by atoms with van der Waals surface area (Å²) in [6, 6.07) is 19.7. The summed E-state index contributed by atoms with van der Waals surface area (Å²) in [5.74, 6) is -1.38. The highest BCUT2D eigenvalue weighted by Crippen LogP contribution is 2.44. The molecular formula is C33H33N2O+. The quantitative estimate of drug-likeness (QED) is 0.187. The smallest absolute Gasteiger partial charge is 0.216 e. The monoisotopic (exact) mass is 477 g/mol. The van der Waals surface area contributed by atoms with Crippen molar-refractivity contribution in [3.05, 3.63) is 94.5 Å². The Bertz CT molecular complexity index is 1820. The van der Waals surface area contributed by atoms with Crippen LogP contribution in [0.2, 0.25) is 0 Å². The van der Waals surface area contributed by atoms with E-state index in [4.69, 9.17) is 16.5 Å². The summed E-state index contributed by atoms with van der Waals surface area (Å²) in [4.78, 5) is 3.82. The number of rotatable bonds is 4. The Morgan fingerprint density at radius 3 is 2.19 bits per heavy atom. The van der Waals surface area contributed by atoms with E-state index in [1.165, 1.54) is 12.5 Å². The molecule has 0 saturated carbocycles. The molecule has 3 nitrogen and oxygen atoms in total. The van der Waals surface area contributed by atoms with Gasteiger partial charge in [0.2, 0.25) is 5.69 Å². The van der Waals surface area contributed by atoms with Crippen molar-refractivity contribution >= 4 is 27.6 Å². The number of aryl methyl sites for hydroxylation is 2. The summed E-state index contributed by atoms with van der Waals surface area (Å²) in [7, 11) is 1.94. The lowest BCUT2D eigenvalue weighted by molar-refractivity contribution is -0.666. The third kappa shape index (κ3) is 3.78. The van der Waals surface area contributed by atoms with Gasteiger partial charge in [0.05, 0.1) is 12.1 Å². The van der Waals surface area contributed by atoms with Crippen LogP contribution in [0.5, 0.6) is 0 Å². The third-order valence-electron chi connectivity index (χ3n) is 7.22. The Hall–Kier alpha value is -3.90. The molecule has 180 valence electrons. The molecule has 0 bridgehead atoms. The van der Waals surface area contributed by atoms with Gasteiger partial charge in [-0.3, -0.25) is 0 Å². The molecule has 0 spiro atoms. The number of fused-ring (bicyclic) bond motifs is 3. The number of nitrogens with zero attached hydrogens (tertiary/aromatic N) is 2. The molecule has 5 aromatic rings. The Kier molecular flexibility index (Phi) is 4.80. The summed E-state index contributed by atoms with van der Waals surface area (Å²) >= 11 is 0. The summed E-state index contributed by atoms with van der Waals surface area (Å²) in [5.41, 5.74) is 8.59. The van der Waals surface area contributed by atoms with Crippen LogP contribution in [0.3, 0.4) is 0 Å². The summed E-state index contributed by atoms with van der Waals surface area (Å²) < 4.78 is 41.4. The van der Waals surface area contributed by atoms with E-state index in [1.807, 2.05) is 49.7 Å². The fourth-order valence-electron chi connectivity index (χ4n) is 4.97. The first-order valence-electron chi connectivity index (χ1n) is 14.2. The highest BCUT2D eigenvalue weighted by molar-refractivity contribution is 6.15. The second-order valence-corrected chi connectivity index (χ2v) is 9.92. The van der Waals surface area contributed by atoms with E-state index in [9.17, 15) is 0 Å². The first kappa shape index (κ1) is 19.3. The zero-order valence-electron chi connectivity index (χ0n) is 25.7. The molecule has 3 aromatic carbocycles. The summed E-state index contributed by atoms with van der Waals surface area (Å²) in [6.45, 7) is 15.0. The fourth-order valence-corrected chi connectivity index (χ4v) is 4.97. The molecule has 3 heteroatoms. The van der Waals surface area contributed by atoms with E-state index in [1.54, 1.807) is 12.1 Å². The van der Waals surface area contributed by atoms with Gasteiger partial charge in [0.15, 0.2) is 11.4 Å². The average Bonchev–Trinajstić information content (AvgIpc) is 3.27. The Labute approximate surface area is 219 Å². The fraction of sp³-hybridized carbons (Fsp3) is 0.273. The molecule has 1 unspecified atom stereocenters. The van der Waals surface area contributed by atoms with Crippen molar-refractivity contribution in [2.45, 2.75) is 53.3 Å². The van der Waals surface area contributed by atoms with Gasteiger partial charge in [0, 0.05) is 40.9 Å². The second-order valence-electron chi connectivity index (χ2n) is 9.92. The number of furan rings is 1. The van der Waals surface area contributed by atoms with Crippen molar-refractivity contribution < 1.29 is 14.5 Å². The van der Waals surface area contributed by atoms with Crippen LogP contribution >= 0.6 is 0 Å². The Morgan fingerprint density at radius 1 is 0.889 bits per heavy atom. The molecule has 0 aliphatic carbocycles. The largest absolute Gasteiger partial charge is 0.456 e. The lowest BCUT2D eigenvalue weighted by atomic mass is 9.95. The number of aromatic nitrogens is 1. The van der Waals surface area contributed by atoms with Crippen LogP contribution in [0.25, 0.3) is 49.2 Å². The Balaban J connectivity index is 1.84. The van der Waals surface area contributed by atoms with Gasteiger partial charge in [0.1, 0.15) is 18.2 Å². The zero-order valence-corrected chi connectivity index (χ0v) is 21.7. The van der Waals surface area contributed by atoms with Crippen LogP contribution in [-0.4, -0.2) is 0 Å². The van der Waals surface area contributed by atoms with Gasteiger partial charge in [0.25, 0.3) is 0 Å². The molecule has 0 aliphatic heterocycles. The van der Waals surface area contributed by atoms with E-state index < -0.39 is 12.7 Å². The van der Waals surface area contributed by atoms with Gasteiger partial charge >= 0.3 is 0 Å². The van der Waals surface area contributed by atoms with Crippen LogP contribution < -0.4 is 4.57 Å². The summed E-state index contributed by atoms with van der Waals surface area (Å²) in [6.07, 6.45) is 0. The molecule has 1 atom stereocenters. The van der Waals surface area contributed by atoms with Crippen molar-refractivity contribution in [2.24, 2.45) is 7.05 Å². The second kappa shape index (κ2) is 8.95. The number of hydrogen-bond acceptors (Lipinski definition) is 1. The van der Waals surface area contributed by atoms with Crippen LogP contribution in [0, 0.1) is 20.4 Å². The van der Waals surface area contributed by atoms with E-state index in [2.05, 4.69) is 43.0 Å². The van der Waals surface area contributed by atoms with Crippen LogP contribution in [-0.2, 0) is 7.05 Å². The molecule has 0 amide bonds. The SMILES string of the molecule is [2H]C([2H])([2H])C([2H])(C)c1cc(C)[n+](C)c(-c2c(C)ccc3c2oc2c(-c4ccc(C(C)C)cc4)c([N+]#[C-])ccc23)c1. The molecule has 0 N–H and O–H groups in total. The number of pyridine rings is 1. The highest BCUT2D eigenvalue weighted by Gasteiger charge is 2.25. The number of hydrogen-bond donors (Lipinski definition) is 0. The molecule has 0 fully saturated rings. The van der Waals surface area contributed by atoms with Gasteiger partial charge in [-0.15, -0.1) is 0 Å². The first-order chi connectivity index (χ1) is 18.8. The molecule has 36 heavy (non-hydrogen) atoms. The molecule has 0 saturated heterocycles. The Morgan fingerprint density at radius 2 is 1.56 bits per heavy atom. The maximum Gasteiger partial charge on any atom is 0.216 e. The van der Waals surface area contributed by atoms with Crippen molar-refractivity contribution in [2.75, 3.05) is 0 Å². The number of benzene rings is 3. The normalized spacial score (nSPS) is 15.3. The van der Waals surface area contributed by atoms with Crippen LogP contribution in [0.4, 0.5) is 5.69 Å². The van der Waals surface area contributed by atoms with Crippen molar-refractivity contribution in [1.82, 2.24) is 0 Å². The van der Waals surface area contributed by atoms with Gasteiger partial charge < -0.3 is 4.42 Å². The predicted octanol–water partition coefficient (Wildman–Crippen LogP) is 9.16. The molecule has 2 heterocycles. The molecule has 5 rings (SSSR count). The van der Waals surface area contributed by atoms with Gasteiger partial charge in [-0.2, -0.15) is 4.57 Å². The minimum absolute atomic E-state index is 0.401. The van der Waals surface area contributed by atoms with E-state index in [-0.39, 0.29) is 0 Å². The molecular weight excluding hydrogens is 440 g/mol. The van der Waals surface area contributed by atoms with Crippen LogP contribution in [0.15, 0.2) is 65.1 Å². The molecule has 2 aromatic heterocycles. The zero-order chi connectivity index (χ0) is 29.1. The van der Waals surface area contributed by atoms with Crippen molar-refractivity contribution in [1.29, 1.82) is 0 Å². The van der Waals surface area contributed by atoms with E-state index in [0.29, 0.717) is 28.3 Å². The van der Waals surface area contributed by atoms with Gasteiger partial charge in [-0.1, -0.05) is 76.2 Å². The summed E-state index contributed by atoms with van der Waals surface area (Å²) in [5, 5.41) is 1.83. The average molecular weight is 478 g/mol. The molecule has 0 radical (unpaired) electrons. The van der Waals surface area contributed by atoms with Gasteiger partial charge in [-0.25, -0.2) is 4.85 Å². The van der Waals surface area contributed by atoms with Gasteiger partial charge in [-0.05, 0) is 41.0 Å². The topological polar surface area (TPSA) is 21.4 Å². The van der Waals surface area contributed by atoms with E-state index in [0.717, 1.165) is 44.4 Å². The standard InChI is InChI=1S/C33H33N2O/c1-19(2)23-10-12-24(13-11-23)31-28(34-7)16-15-27-26-14-9-21(5)30(32(26)36-33(27)31)29-18-25(20(3)4)17-22(6)35(29)8/h9-20H,1-6,8H3/q+1/i3D3,20D. The van der Waals surface area contributed by atoms with E-state index >= 15 is 0 Å². The predicted molar refractivity (Wildman–Crippen MR) is 150 cm³/mol.